The smallest absolute Gasteiger partial charge is 0.361 e. The van der Waals surface area contributed by atoms with Crippen molar-refractivity contribution >= 4 is 30.6 Å². The minimum atomic E-state index is -0.317. The standard InChI is InChI=1S/C6H5N2O2PS/c1-10-5(9)4-8-2-3-12-6(8)7-11-4/h2-3H,1H3. The van der Waals surface area contributed by atoms with Crippen LogP contribution >= 0.6 is 19.7 Å². The molecule has 0 fully saturated rings. The van der Waals surface area contributed by atoms with Crippen molar-refractivity contribution < 1.29 is 9.53 Å². The molecule has 2 aromatic heterocycles. The van der Waals surface area contributed by atoms with Crippen molar-refractivity contribution in [2.45, 2.75) is 0 Å². The van der Waals surface area contributed by atoms with Gasteiger partial charge in [-0.2, -0.15) is 4.75 Å². The minimum Gasteiger partial charge on any atom is -0.464 e. The third-order valence-corrected chi connectivity index (χ3v) is 3.18. The van der Waals surface area contributed by atoms with E-state index in [2.05, 4.69) is 9.48 Å². The van der Waals surface area contributed by atoms with Crippen LogP contribution in [0.15, 0.2) is 11.6 Å². The highest BCUT2D eigenvalue weighted by Gasteiger charge is 2.12. The summed E-state index contributed by atoms with van der Waals surface area (Å²) < 4.78 is 10.5. The Morgan fingerprint density at radius 3 is 3.42 bits per heavy atom. The van der Waals surface area contributed by atoms with Gasteiger partial charge in [-0.15, -0.1) is 11.3 Å². The number of hydrogen-bond acceptors (Lipinski definition) is 4. The first-order valence-corrected chi connectivity index (χ1v) is 4.92. The van der Waals surface area contributed by atoms with Gasteiger partial charge in [0.2, 0.25) is 0 Å². The van der Waals surface area contributed by atoms with Gasteiger partial charge in [-0.25, -0.2) is 4.79 Å². The Morgan fingerprint density at radius 2 is 2.67 bits per heavy atom. The zero-order valence-corrected chi connectivity index (χ0v) is 7.93. The van der Waals surface area contributed by atoms with Gasteiger partial charge < -0.3 is 4.74 Å². The number of ether oxygens (including phenoxy) is 1. The van der Waals surface area contributed by atoms with Crippen LogP contribution < -0.4 is 0 Å². The molecule has 0 aromatic carbocycles. The van der Waals surface area contributed by atoms with Crippen LogP contribution in [0.2, 0.25) is 0 Å². The first kappa shape index (κ1) is 7.71. The fraction of sp³-hybridized carbons (Fsp3) is 0.167. The highest BCUT2D eigenvalue weighted by molar-refractivity contribution is 7.29. The van der Waals surface area contributed by atoms with Crippen molar-refractivity contribution in [2.75, 3.05) is 7.11 Å². The Hall–Kier alpha value is -0.930. The molecule has 0 amide bonds. The Balaban J connectivity index is 2.61. The van der Waals surface area contributed by atoms with Crippen molar-refractivity contribution in [3.05, 3.63) is 17.0 Å². The van der Waals surface area contributed by atoms with Crippen LogP contribution in [0.1, 0.15) is 10.2 Å². The van der Waals surface area contributed by atoms with E-state index in [1.54, 1.807) is 4.40 Å². The van der Waals surface area contributed by atoms with Crippen molar-refractivity contribution in [3.63, 3.8) is 0 Å². The van der Waals surface area contributed by atoms with Gasteiger partial charge in [0.05, 0.1) is 15.5 Å². The summed E-state index contributed by atoms with van der Waals surface area (Å²) in [7, 11) is 2.04. The molecular formula is C6H5N2O2PS. The molecule has 0 atom stereocenters. The molecule has 2 aromatic rings. The average molecular weight is 200 g/mol. The van der Waals surface area contributed by atoms with Gasteiger partial charge in [0.25, 0.3) is 0 Å². The van der Waals surface area contributed by atoms with Gasteiger partial charge in [-0.1, -0.05) is 0 Å². The number of methoxy groups -OCH3 is 1. The lowest BCUT2D eigenvalue weighted by Crippen LogP contribution is -2.01. The minimum absolute atomic E-state index is 0.317. The number of carbonyl (C=O) groups is 1. The zero-order valence-electron chi connectivity index (χ0n) is 6.22. The average Bonchev–Trinajstić information content (AvgIpc) is 2.62. The second-order valence-electron chi connectivity index (χ2n) is 2.07. The largest absolute Gasteiger partial charge is 0.464 e. The van der Waals surface area contributed by atoms with E-state index in [1.165, 1.54) is 18.4 Å². The highest BCUT2D eigenvalue weighted by atomic mass is 32.1. The van der Waals surface area contributed by atoms with Gasteiger partial charge in [0.1, 0.15) is 0 Å². The topological polar surface area (TPSA) is 43.6 Å². The molecule has 0 aliphatic rings. The highest BCUT2D eigenvalue weighted by Crippen LogP contribution is 2.20. The van der Waals surface area contributed by atoms with Crippen LogP contribution in [0.4, 0.5) is 0 Å². The van der Waals surface area contributed by atoms with Crippen LogP contribution in [0.3, 0.4) is 0 Å². The second-order valence-corrected chi connectivity index (χ2v) is 3.77. The van der Waals surface area contributed by atoms with Gasteiger partial charge >= 0.3 is 5.97 Å². The number of thiazole rings is 1. The Kier molecular flexibility index (Phi) is 1.83. The molecule has 0 aliphatic carbocycles. The number of hydrogen-bond donors (Lipinski definition) is 0. The molecule has 0 unspecified atom stereocenters. The van der Waals surface area contributed by atoms with E-state index < -0.39 is 0 Å². The number of nitrogens with zero attached hydrogens (tertiary/aromatic N) is 2. The van der Waals surface area contributed by atoms with E-state index in [-0.39, 0.29) is 5.97 Å². The maximum atomic E-state index is 11.1. The van der Waals surface area contributed by atoms with E-state index in [4.69, 9.17) is 0 Å². The molecule has 0 spiro atoms. The van der Waals surface area contributed by atoms with E-state index >= 15 is 0 Å². The number of fused-ring (bicyclic) bond motifs is 1. The lowest BCUT2D eigenvalue weighted by atomic mass is 10.7. The predicted octanol–water partition coefficient (Wildman–Crippen LogP) is 1.76. The molecule has 62 valence electrons. The van der Waals surface area contributed by atoms with Crippen molar-refractivity contribution in [2.24, 2.45) is 0 Å². The molecule has 2 heterocycles. The monoisotopic (exact) mass is 200 g/mol. The number of carbonyl (C=O) groups excluding carboxylic acids is 1. The van der Waals surface area contributed by atoms with Crippen molar-refractivity contribution in [1.29, 1.82) is 0 Å². The summed E-state index contributed by atoms with van der Waals surface area (Å²) in [6, 6.07) is 0. The third kappa shape index (κ3) is 1.02. The summed E-state index contributed by atoms with van der Waals surface area (Å²) in [5.74, 6) is -0.317. The van der Waals surface area contributed by atoms with E-state index in [9.17, 15) is 4.79 Å². The van der Waals surface area contributed by atoms with Crippen molar-refractivity contribution in [3.8, 4) is 0 Å². The molecule has 0 radical (unpaired) electrons. The summed E-state index contributed by atoms with van der Waals surface area (Å²) in [4.78, 5) is 12.0. The Labute approximate surface area is 74.0 Å². The molecule has 0 bridgehead atoms. The van der Waals surface area contributed by atoms with E-state index in [0.717, 1.165) is 4.96 Å². The Morgan fingerprint density at radius 1 is 1.83 bits per heavy atom. The van der Waals surface area contributed by atoms with Gasteiger partial charge in [0.15, 0.2) is 10.4 Å². The summed E-state index contributed by atoms with van der Waals surface area (Å²) in [5.41, 5.74) is 0.564. The molecular weight excluding hydrogens is 195 g/mol. The molecule has 0 saturated carbocycles. The van der Waals surface area contributed by atoms with Gasteiger partial charge in [-0.3, -0.25) is 4.40 Å². The lowest BCUT2D eigenvalue weighted by molar-refractivity contribution is 0.0599. The molecule has 0 saturated heterocycles. The number of rotatable bonds is 1. The zero-order chi connectivity index (χ0) is 8.55. The van der Waals surface area contributed by atoms with Gasteiger partial charge in [-0.05, 0) is 0 Å². The normalized spacial score (nSPS) is 11.1. The first-order chi connectivity index (χ1) is 5.83. The third-order valence-electron chi connectivity index (χ3n) is 1.42. The van der Waals surface area contributed by atoms with E-state index in [1.807, 2.05) is 11.6 Å². The molecule has 2 rings (SSSR count). The SMILES string of the molecule is COC(=O)c1pnc2sccn12. The lowest BCUT2D eigenvalue weighted by Gasteiger charge is -1.93. The van der Waals surface area contributed by atoms with E-state index in [0.29, 0.717) is 13.8 Å². The molecule has 4 nitrogen and oxygen atoms in total. The van der Waals surface area contributed by atoms with Crippen LogP contribution in [0, 0.1) is 0 Å². The maximum absolute atomic E-state index is 11.1. The van der Waals surface area contributed by atoms with Crippen molar-refractivity contribution in [1.82, 2.24) is 9.15 Å². The van der Waals surface area contributed by atoms with Gasteiger partial charge in [0, 0.05) is 11.6 Å². The Bertz CT molecular complexity index is 422. The van der Waals surface area contributed by atoms with Crippen LogP contribution in [-0.4, -0.2) is 22.2 Å². The molecule has 0 N–H and O–H groups in total. The quantitative estimate of drug-likeness (QED) is 0.659. The van der Waals surface area contributed by atoms with Crippen LogP contribution in [0.5, 0.6) is 0 Å². The van der Waals surface area contributed by atoms with Crippen LogP contribution in [-0.2, 0) is 4.74 Å². The summed E-state index contributed by atoms with van der Waals surface area (Å²) in [5, 5.41) is 1.89. The summed E-state index contributed by atoms with van der Waals surface area (Å²) >= 11 is 1.50. The number of aromatic nitrogens is 2. The van der Waals surface area contributed by atoms with Crippen LogP contribution in [0.25, 0.3) is 4.96 Å². The fourth-order valence-corrected chi connectivity index (χ4v) is 2.53. The summed E-state index contributed by atoms with van der Waals surface area (Å²) in [6.45, 7) is 0. The fourth-order valence-electron chi connectivity index (χ4n) is 0.874. The molecule has 6 heteroatoms. The predicted molar refractivity (Wildman–Crippen MR) is 46.9 cm³/mol. The number of esters is 1. The first-order valence-electron chi connectivity index (χ1n) is 3.19. The molecule has 12 heavy (non-hydrogen) atoms. The summed E-state index contributed by atoms with van der Waals surface area (Å²) in [6.07, 6.45) is 1.82. The maximum Gasteiger partial charge on any atom is 0.361 e. The molecule has 0 aliphatic heterocycles. The second kappa shape index (κ2) is 2.84.